The summed E-state index contributed by atoms with van der Waals surface area (Å²) in [5.41, 5.74) is 6.28. The topological polar surface area (TPSA) is 56.0 Å². The Morgan fingerprint density at radius 1 is 1.41 bits per heavy atom. The lowest BCUT2D eigenvalue weighted by molar-refractivity contribution is -0.123. The first kappa shape index (κ1) is 14.3. The van der Waals surface area contributed by atoms with Crippen molar-refractivity contribution in [3.05, 3.63) is 16.1 Å². The van der Waals surface area contributed by atoms with Crippen LogP contribution in [0, 0.1) is 0 Å². The highest BCUT2D eigenvalue weighted by molar-refractivity contribution is 7.09. The number of thiazole rings is 1. The third-order valence-electron chi connectivity index (χ3n) is 3.00. The maximum Gasteiger partial charge on any atom is 0.159 e. The van der Waals surface area contributed by atoms with Gasteiger partial charge in [-0.1, -0.05) is 27.7 Å². The summed E-state index contributed by atoms with van der Waals surface area (Å²) in [5.74, 6) is 0.0646. The van der Waals surface area contributed by atoms with Gasteiger partial charge >= 0.3 is 0 Å². The second-order valence-corrected chi connectivity index (χ2v) is 6.69. The quantitative estimate of drug-likeness (QED) is 0.898. The molecule has 4 heteroatoms. The molecule has 0 saturated heterocycles. The van der Waals surface area contributed by atoms with Crippen LogP contribution in [-0.4, -0.2) is 16.3 Å². The molecule has 1 atom stereocenters. The van der Waals surface area contributed by atoms with Crippen LogP contribution in [0.25, 0.3) is 0 Å². The fourth-order valence-electron chi connectivity index (χ4n) is 1.27. The van der Waals surface area contributed by atoms with Gasteiger partial charge in [0.2, 0.25) is 0 Å². The summed E-state index contributed by atoms with van der Waals surface area (Å²) in [4.78, 5) is 16.5. The predicted molar refractivity (Wildman–Crippen MR) is 72.4 cm³/mol. The number of hydrogen-bond donors (Lipinski definition) is 1. The van der Waals surface area contributed by atoms with Crippen LogP contribution in [-0.2, 0) is 16.6 Å². The second-order valence-electron chi connectivity index (χ2n) is 5.75. The van der Waals surface area contributed by atoms with Gasteiger partial charge in [0.25, 0.3) is 0 Å². The number of Topliss-reactive ketones (excluding diaryl/α,β-unsaturated/α-hetero) is 1. The summed E-state index contributed by atoms with van der Waals surface area (Å²) in [6.07, 6.45) is 1.00. The van der Waals surface area contributed by atoms with Gasteiger partial charge in [-0.3, -0.25) is 4.79 Å². The molecule has 1 aromatic heterocycles. The monoisotopic (exact) mass is 254 g/mol. The molecule has 96 valence electrons. The zero-order chi connectivity index (χ0) is 13.3. The van der Waals surface area contributed by atoms with Gasteiger partial charge in [0.05, 0.1) is 17.7 Å². The van der Waals surface area contributed by atoms with Crippen LogP contribution in [0.5, 0.6) is 0 Å². The molecule has 1 rings (SSSR count). The molecule has 0 bridgehead atoms. The smallest absolute Gasteiger partial charge is 0.159 e. The van der Waals surface area contributed by atoms with Crippen LogP contribution in [0.3, 0.4) is 0 Å². The number of nitrogens with zero attached hydrogens (tertiary/aromatic N) is 1. The Morgan fingerprint density at radius 3 is 2.41 bits per heavy atom. The summed E-state index contributed by atoms with van der Waals surface area (Å²) in [7, 11) is 0. The average Bonchev–Trinajstić information content (AvgIpc) is 2.65. The van der Waals surface area contributed by atoms with Crippen LogP contribution >= 0.6 is 11.3 Å². The van der Waals surface area contributed by atoms with Crippen molar-refractivity contribution < 1.29 is 4.79 Å². The van der Waals surface area contributed by atoms with Crippen molar-refractivity contribution in [3.63, 3.8) is 0 Å². The molecule has 0 aliphatic carbocycles. The molecule has 2 N–H and O–H groups in total. The minimum atomic E-state index is -0.729. The minimum Gasteiger partial charge on any atom is -0.319 e. The summed E-state index contributed by atoms with van der Waals surface area (Å²) >= 11 is 1.54. The standard InChI is InChI=1S/C13H22N2OS/c1-6-13(5,14)10(16)7-11-15-9(8-17-11)12(2,3)4/h8H,6-7,14H2,1-5H3. The van der Waals surface area contributed by atoms with Crippen molar-refractivity contribution >= 4 is 17.1 Å². The fourth-order valence-corrected chi connectivity index (χ4v) is 2.29. The first-order valence-corrected chi connectivity index (χ1v) is 6.82. The van der Waals surface area contributed by atoms with E-state index in [4.69, 9.17) is 5.73 Å². The molecule has 1 unspecified atom stereocenters. The highest BCUT2D eigenvalue weighted by Crippen LogP contribution is 2.24. The van der Waals surface area contributed by atoms with Crippen molar-refractivity contribution in [2.45, 2.75) is 58.4 Å². The number of carbonyl (C=O) groups is 1. The van der Waals surface area contributed by atoms with Crippen LogP contribution in [0.15, 0.2) is 5.38 Å². The van der Waals surface area contributed by atoms with E-state index in [9.17, 15) is 4.79 Å². The van der Waals surface area contributed by atoms with E-state index in [1.165, 1.54) is 0 Å². The van der Waals surface area contributed by atoms with Crippen molar-refractivity contribution in [2.24, 2.45) is 5.73 Å². The van der Waals surface area contributed by atoms with Gasteiger partial charge < -0.3 is 5.73 Å². The molecular formula is C13H22N2OS. The number of hydrogen-bond acceptors (Lipinski definition) is 4. The molecule has 1 aromatic rings. The molecule has 0 aliphatic heterocycles. The SMILES string of the molecule is CCC(C)(N)C(=O)Cc1nc(C(C)(C)C)cs1. The van der Waals surface area contributed by atoms with E-state index in [1.54, 1.807) is 18.3 Å². The highest BCUT2D eigenvalue weighted by Gasteiger charge is 2.27. The number of carbonyl (C=O) groups excluding carboxylic acids is 1. The second kappa shape index (κ2) is 4.86. The third-order valence-corrected chi connectivity index (χ3v) is 3.85. The fraction of sp³-hybridized carbons (Fsp3) is 0.692. The van der Waals surface area contributed by atoms with E-state index in [1.807, 2.05) is 12.3 Å². The Balaban J connectivity index is 2.77. The molecule has 0 aliphatic rings. The average molecular weight is 254 g/mol. The van der Waals surface area contributed by atoms with Crippen molar-refractivity contribution in [3.8, 4) is 0 Å². The lowest BCUT2D eigenvalue weighted by Gasteiger charge is -2.20. The van der Waals surface area contributed by atoms with Crippen molar-refractivity contribution in [2.75, 3.05) is 0 Å². The van der Waals surface area contributed by atoms with Gasteiger partial charge in [-0.2, -0.15) is 0 Å². The number of nitrogens with two attached hydrogens (primary N) is 1. The molecule has 3 nitrogen and oxygen atoms in total. The molecular weight excluding hydrogens is 232 g/mol. The van der Waals surface area contributed by atoms with Gasteiger partial charge in [0.15, 0.2) is 5.78 Å². The third kappa shape index (κ3) is 3.61. The Morgan fingerprint density at radius 2 is 2.00 bits per heavy atom. The Kier molecular flexibility index (Phi) is 4.10. The zero-order valence-electron chi connectivity index (χ0n) is 11.3. The summed E-state index contributed by atoms with van der Waals surface area (Å²) in [5, 5.41) is 2.90. The summed E-state index contributed by atoms with van der Waals surface area (Å²) < 4.78 is 0. The molecule has 0 saturated carbocycles. The number of rotatable bonds is 4. The lowest BCUT2D eigenvalue weighted by Crippen LogP contribution is -2.45. The van der Waals surface area contributed by atoms with Crippen molar-refractivity contribution in [1.82, 2.24) is 4.98 Å². The van der Waals surface area contributed by atoms with Crippen LogP contribution in [0.1, 0.15) is 51.7 Å². The molecule has 0 amide bonds. The van der Waals surface area contributed by atoms with Crippen LogP contribution in [0.4, 0.5) is 0 Å². The summed E-state index contributed by atoms with van der Waals surface area (Å²) in [6, 6.07) is 0. The Labute approximate surface area is 107 Å². The van der Waals surface area contributed by atoms with Crippen molar-refractivity contribution in [1.29, 1.82) is 0 Å². The van der Waals surface area contributed by atoms with Gasteiger partial charge in [0, 0.05) is 10.8 Å². The van der Waals surface area contributed by atoms with Gasteiger partial charge in [0.1, 0.15) is 5.01 Å². The lowest BCUT2D eigenvalue weighted by atomic mass is 9.92. The maximum absolute atomic E-state index is 12.0. The van der Waals surface area contributed by atoms with E-state index in [2.05, 4.69) is 25.8 Å². The summed E-state index contributed by atoms with van der Waals surface area (Å²) in [6.45, 7) is 10.1. The zero-order valence-corrected chi connectivity index (χ0v) is 12.1. The maximum atomic E-state index is 12.0. The molecule has 0 aromatic carbocycles. The molecule has 0 spiro atoms. The first-order chi connectivity index (χ1) is 7.66. The molecule has 1 heterocycles. The first-order valence-electron chi connectivity index (χ1n) is 5.94. The molecule has 17 heavy (non-hydrogen) atoms. The van der Waals surface area contributed by atoms with E-state index < -0.39 is 5.54 Å². The number of aromatic nitrogens is 1. The van der Waals surface area contributed by atoms with E-state index >= 15 is 0 Å². The Hall–Kier alpha value is -0.740. The number of ketones is 1. The van der Waals surface area contributed by atoms with E-state index in [0.29, 0.717) is 12.8 Å². The normalized spacial score (nSPS) is 15.6. The highest BCUT2D eigenvalue weighted by atomic mass is 32.1. The van der Waals surface area contributed by atoms with Gasteiger partial charge in [-0.25, -0.2) is 4.98 Å². The van der Waals surface area contributed by atoms with Gasteiger partial charge in [-0.05, 0) is 13.3 Å². The minimum absolute atomic E-state index is 0.0363. The van der Waals surface area contributed by atoms with E-state index in [-0.39, 0.29) is 11.2 Å². The van der Waals surface area contributed by atoms with Crippen LogP contribution < -0.4 is 5.73 Å². The van der Waals surface area contributed by atoms with E-state index in [0.717, 1.165) is 10.7 Å². The Bertz CT molecular complexity index is 402. The van der Waals surface area contributed by atoms with Crippen LogP contribution in [0.2, 0.25) is 0 Å². The molecule has 0 radical (unpaired) electrons. The molecule has 0 fully saturated rings. The predicted octanol–water partition coefficient (Wildman–Crippen LogP) is 2.68. The van der Waals surface area contributed by atoms with Gasteiger partial charge in [-0.15, -0.1) is 11.3 Å². The largest absolute Gasteiger partial charge is 0.319 e.